The predicted molar refractivity (Wildman–Crippen MR) is 99.6 cm³/mol. The van der Waals surface area contributed by atoms with E-state index < -0.39 is 0 Å². The van der Waals surface area contributed by atoms with E-state index in [1.54, 1.807) is 18.3 Å². The highest BCUT2D eigenvalue weighted by Crippen LogP contribution is 2.23. The summed E-state index contributed by atoms with van der Waals surface area (Å²) in [6.07, 6.45) is 1.74. The summed E-state index contributed by atoms with van der Waals surface area (Å²) in [5.74, 6) is 1.16. The van der Waals surface area contributed by atoms with Gasteiger partial charge < -0.3 is 10.2 Å². The Labute approximate surface area is 147 Å². The first-order valence-electron chi connectivity index (χ1n) is 8.31. The zero-order valence-electron chi connectivity index (χ0n) is 14.4. The fourth-order valence-corrected chi connectivity index (χ4v) is 2.61. The zero-order chi connectivity index (χ0) is 17.6. The summed E-state index contributed by atoms with van der Waals surface area (Å²) in [5.41, 5.74) is 3.26. The van der Waals surface area contributed by atoms with Gasteiger partial charge in [0.15, 0.2) is 0 Å². The minimum atomic E-state index is -0.232. The second kappa shape index (κ2) is 7.75. The molecule has 25 heavy (non-hydrogen) atoms. The molecule has 0 atom stereocenters. The molecule has 0 aliphatic heterocycles. The van der Waals surface area contributed by atoms with Crippen LogP contribution in [0.15, 0.2) is 60.8 Å². The molecule has 0 radical (unpaired) electrons. The molecule has 0 aliphatic rings. The average Bonchev–Trinajstić information content (AvgIpc) is 2.62. The van der Waals surface area contributed by atoms with Crippen molar-refractivity contribution < 1.29 is 4.39 Å². The third-order valence-corrected chi connectivity index (χ3v) is 3.90. The molecule has 1 heterocycles. The van der Waals surface area contributed by atoms with Gasteiger partial charge in [0, 0.05) is 25.0 Å². The molecule has 1 aromatic heterocycles. The highest BCUT2D eigenvalue weighted by molar-refractivity contribution is 5.59. The molecule has 3 aromatic rings. The molecule has 0 saturated carbocycles. The van der Waals surface area contributed by atoms with E-state index in [4.69, 9.17) is 0 Å². The quantitative estimate of drug-likeness (QED) is 0.709. The SMILES string of the molecule is CCN(c1cccc(C)c1)c1nccc(NCc2ccc(F)cc2)n1. The Hall–Kier alpha value is -2.95. The van der Waals surface area contributed by atoms with Crippen LogP contribution in [0.5, 0.6) is 0 Å². The van der Waals surface area contributed by atoms with Gasteiger partial charge in [0.05, 0.1) is 0 Å². The minimum absolute atomic E-state index is 0.232. The maximum Gasteiger partial charge on any atom is 0.231 e. The summed E-state index contributed by atoms with van der Waals surface area (Å²) in [5, 5.41) is 3.26. The van der Waals surface area contributed by atoms with Crippen molar-refractivity contribution in [2.75, 3.05) is 16.8 Å². The van der Waals surface area contributed by atoms with Gasteiger partial charge in [-0.3, -0.25) is 0 Å². The van der Waals surface area contributed by atoms with Gasteiger partial charge in [0.25, 0.3) is 0 Å². The fourth-order valence-electron chi connectivity index (χ4n) is 2.61. The summed E-state index contributed by atoms with van der Waals surface area (Å²) in [7, 11) is 0. The third-order valence-electron chi connectivity index (χ3n) is 3.90. The van der Waals surface area contributed by atoms with E-state index >= 15 is 0 Å². The summed E-state index contributed by atoms with van der Waals surface area (Å²) >= 11 is 0. The van der Waals surface area contributed by atoms with Gasteiger partial charge in [-0.15, -0.1) is 0 Å². The van der Waals surface area contributed by atoms with Crippen molar-refractivity contribution in [2.45, 2.75) is 20.4 Å². The number of hydrogen-bond acceptors (Lipinski definition) is 4. The fraction of sp³-hybridized carbons (Fsp3) is 0.200. The van der Waals surface area contributed by atoms with Gasteiger partial charge in [0.2, 0.25) is 5.95 Å². The van der Waals surface area contributed by atoms with Crippen LogP contribution in [-0.4, -0.2) is 16.5 Å². The minimum Gasteiger partial charge on any atom is -0.366 e. The van der Waals surface area contributed by atoms with Crippen LogP contribution >= 0.6 is 0 Å². The van der Waals surface area contributed by atoms with E-state index in [0.717, 1.165) is 23.6 Å². The molecule has 1 N–H and O–H groups in total. The average molecular weight is 336 g/mol. The van der Waals surface area contributed by atoms with Crippen LogP contribution < -0.4 is 10.2 Å². The Morgan fingerprint density at radius 3 is 2.60 bits per heavy atom. The van der Waals surface area contributed by atoms with Gasteiger partial charge in [-0.25, -0.2) is 9.37 Å². The second-order valence-corrected chi connectivity index (χ2v) is 5.81. The van der Waals surface area contributed by atoms with Crippen LogP contribution in [0.3, 0.4) is 0 Å². The number of rotatable bonds is 6. The number of benzene rings is 2. The Morgan fingerprint density at radius 1 is 1.08 bits per heavy atom. The zero-order valence-corrected chi connectivity index (χ0v) is 14.4. The van der Waals surface area contributed by atoms with Gasteiger partial charge in [-0.1, -0.05) is 24.3 Å². The number of halogens is 1. The molecule has 2 aromatic carbocycles. The highest BCUT2D eigenvalue weighted by atomic mass is 19.1. The van der Waals surface area contributed by atoms with Crippen molar-refractivity contribution in [1.29, 1.82) is 0 Å². The van der Waals surface area contributed by atoms with Crippen LogP contribution in [0.2, 0.25) is 0 Å². The first-order chi connectivity index (χ1) is 12.2. The maximum absolute atomic E-state index is 13.0. The first kappa shape index (κ1) is 16.9. The molecule has 0 unspecified atom stereocenters. The van der Waals surface area contributed by atoms with E-state index in [1.807, 2.05) is 12.1 Å². The topological polar surface area (TPSA) is 41.1 Å². The molecule has 128 valence electrons. The Kier molecular flexibility index (Phi) is 5.23. The summed E-state index contributed by atoms with van der Waals surface area (Å²) in [6, 6.07) is 16.5. The monoisotopic (exact) mass is 336 g/mol. The first-order valence-corrected chi connectivity index (χ1v) is 8.31. The van der Waals surface area contributed by atoms with Crippen molar-refractivity contribution in [2.24, 2.45) is 0 Å². The Morgan fingerprint density at radius 2 is 1.88 bits per heavy atom. The van der Waals surface area contributed by atoms with Crippen molar-refractivity contribution >= 4 is 17.5 Å². The number of aryl methyl sites for hydroxylation is 1. The third kappa shape index (κ3) is 4.32. The highest BCUT2D eigenvalue weighted by Gasteiger charge is 2.11. The van der Waals surface area contributed by atoms with E-state index in [9.17, 15) is 4.39 Å². The number of nitrogens with zero attached hydrogens (tertiary/aromatic N) is 3. The second-order valence-electron chi connectivity index (χ2n) is 5.81. The van der Waals surface area contributed by atoms with Gasteiger partial charge in [0.1, 0.15) is 11.6 Å². The van der Waals surface area contributed by atoms with Crippen LogP contribution in [0.1, 0.15) is 18.1 Å². The summed E-state index contributed by atoms with van der Waals surface area (Å²) in [4.78, 5) is 11.1. The number of aromatic nitrogens is 2. The standard InChI is InChI=1S/C20H21FN4/c1-3-25(18-6-4-5-15(2)13-18)20-22-12-11-19(24-20)23-14-16-7-9-17(21)10-8-16/h4-13H,3,14H2,1-2H3,(H,22,23,24). The van der Waals surface area contributed by atoms with Gasteiger partial charge in [-0.05, 0) is 55.3 Å². The lowest BCUT2D eigenvalue weighted by Crippen LogP contribution is -2.19. The number of hydrogen-bond donors (Lipinski definition) is 1. The molecule has 0 spiro atoms. The predicted octanol–water partition coefficient (Wildman–Crippen LogP) is 4.69. The molecular weight excluding hydrogens is 315 g/mol. The summed E-state index contributed by atoms with van der Waals surface area (Å²) in [6.45, 7) is 5.49. The lowest BCUT2D eigenvalue weighted by Gasteiger charge is -2.21. The number of nitrogens with one attached hydrogen (secondary N) is 1. The molecule has 3 rings (SSSR count). The number of anilines is 3. The molecule has 4 nitrogen and oxygen atoms in total. The Balaban J connectivity index is 1.76. The molecule has 0 aliphatic carbocycles. The van der Waals surface area contributed by atoms with Gasteiger partial charge >= 0.3 is 0 Å². The van der Waals surface area contributed by atoms with E-state index in [1.165, 1.54) is 17.7 Å². The van der Waals surface area contributed by atoms with Crippen molar-refractivity contribution in [3.63, 3.8) is 0 Å². The van der Waals surface area contributed by atoms with Crippen molar-refractivity contribution in [3.05, 3.63) is 77.7 Å². The largest absolute Gasteiger partial charge is 0.366 e. The van der Waals surface area contributed by atoms with E-state index in [0.29, 0.717) is 12.5 Å². The molecular formula is C20H21FN4. The van der Waals surface area contributed by atoms with Crippen LogP contribution in [0.4, 0.5) is 21.8 Å². The lowest BCUT2D eigenvalue weighted by molar-refractivity contribution is 0.627. The van der Waals surface area contributed by atoms with E-state index in [2.05, 4.69) is 52.2 Å². The van der Waals surface area contributed by atoms with Gasteiger partial charge in [-0.2, -0.15) is 4.98 Å². The van der Waals surface area contributed by atoms with Crippen molar-refractivity contribution in [3.8, 4) is 0 Å². The van der Waals surface area contributed by atoms with Crippen LogP contribution in [0, 0.1) is 12.7 Å². The van der Waals surface area contributed by atoms with E-state index in [-0.39, 0.29) is 5.82 Å². The normalized spacial score (nSPS) is 10.5. The van der Waals surface area contributed by atoms with Crippen molar-refractivity contribution in [1.82, 2.24) is 9.97 Å². The molecule has 0 bridgehead atoms. The van der Waals surface area contributed by atoms with Crippen LogP contribution in [-0.2, 0) is 6.54 Å². The lowest BCUT2D eigenvalue weighted by atomic mass is 10.2. The summed E-state index contributed by atoms with van der Waals surface area (Å²) < 4.78 is 13.0. The van der Waals surface area contributed by atoms with Crippen LogP contribution in [0.25, 0.3) is 0 Å². The molecule has 0 amide bonds. The molecule has 0 saturated heterocycles. The maximum atomic E-state index is 13.0. The molecule has 5 heteroatoms. The molecule has 0 fully saturated rings. The smallest absolute Gasteiger partial charge is 0.231 e. The Bertz CT molecular complexity index is 833.